The molecule has 2 N–H and O–H groups in total. The van der Waals surface area contributed by atoms with Crippen LogP contribution in [0.15, 0.2) is 12.2 Å². The summed E-state index contributed by atoms with van der Waals surface area (Å²) in [5, 5.41) is 31.3. The second kappa shape index (κ2) is 21.1. The fourth-order valence-corrected chi connectivity index (χ4v) is 5.20. The Morgan fingerprint density at radius 3 is 1.46 bits per heavy atom. The molecule has 0 saturated heterocycles. The number of carbonyl (C=O) groups excluding carboxylic acids is 1. The number of unbranched alkanes of at least 4 members (excludes halogenated alkanes) is 9. The third-order valence-electron chi connectivity index (χ3n) is 7.73. The highest BCUT2D eigenvalue weighted by molar-refractivity contribution is 5.70. The number of rotatable bonds is 25. The van der Waals surface area contributed by atoms with Crippen LogP contribution < -0.4 is 5.11 Å². The van der Waals surface area contributed by atoms with E-state index in [0.29, 0.717) is 25.8 Å². The van der Waals surface area contributed by atoms with E-state index in [9.17, 15) is 29.7 Å². The molecule has 0 rings (SSSR count). The summed E-state index contributed by atoms with van der Waals surface area (Å²) >= 11 is 0. The summed E-state index contributed by atoms with van der Waals surface area (Å²) in [7, 11) is 0. The van der Waals surface area contributed by atoms with E-state index in [0.717, 1.165) is 44.9 Å². The zero-order valence-electron chi connectivity index (χ0n) is 24.1. The minimum atomic E-state index is -1.14. The third-order valence-corrected chi connectivity index (χ3v) is 7.73. The molecule has 0 aromatic heterocycles. The summed E-state index contributed by atoms with van der Waals surface area (Å²) < 4.78 is 0.211. The van der Waals surface area contributed by atoms with Gasteiger partial charge in [-0.1, -0.05) is 72.0 Å². The number of hydrogen-bond acceptors (Lipinski definition) is 4. The monoisotopic (exact) mass is 525 g/mol. The molecule has 0 aliphatic heterocycles. The molecule has 0 radical (unpaired) electrons. The van der Waals surface area contributed by atoms with E-state index in [1.807, 2.05) is 13.8 Å². The summed E-state index contributed by atoms with van der Waals surface area (Å²) in [4.78, 5) is 35.6. The van der Waals surface area contributed by atoms with Crippen LogP contribution in [0.5, 0.6) is 0 Å². The van der Waals surface area contributed by atoms with Gasteiger partial charge in [0.1, 0.15) is 11.8 Å². The van der Waals surface area contributed by atoms with Gasteiger partial charge in [0.2, 0.25) is 0 Å². The van der Waals surface area contributed by atoms with Gasteiger partial charge in [0.25, 0.3) is 0 Å². The first-order valence-corrected chi connectivity index (χ1v) is 14.8. The molecule has 0 bridgehead atoms. The van der Waals surface area contributed by atoms with Gasteiger partial charge in [-0.2, -0.15) is 0 Å². The van der Waals surface area contributed by atoms with Gasteiger partial charge in [0, 0.05) is 5.92 Å². The zero-order valence-corrected chi connectivity index (χ0v) is 24.1. The van der Waals surface area contributed by atoms with E-state index < -0.39 is 35.7 Å². The first-order valence-electron chi connectivity index (χ1n) is 14.8. The topological polar surface area (TPSA) is 115 Å². The highest BCUT2D eigenvalue weighted by atomic mass is 16.4. The lowest BCUT2D eigenvalue weighted by Crippen LogP contribution is -2.59. The lowest BCUT2D eigenvalue weighted by molar-refractivity contribution is -0.935. The number of carbonyl (C=O) groups is 3. The van der Waals surface area contributed by atoms with Crippen molar-refractivity contribution >= 4 is 17.9 Å². The molecule has 0 saturated carbocycles. The van der Waals surface area contributed by atoms with Gasteiger partial charge in [-0.15, -0.1) is 0 Å². The fraction of sp³-hybridized carbons (Fsp3) is 0.833. The molecule has 0 aromatic rings. The summed E-state index contributed by atoms with van der Waals surface area (Å²) in [5.41, 5.74) is 0. The van der Waals surface area contributed by atoms with Crippen LogP contribution in [0, 0.1) is 17.8 Å². The summed E-state index contributed by atoms with van der Waals surface area (Å²) in [6.45, 7) is 8.96. The molecule has 7 nitrogen and oxygen atoms in total. The van der Waals surface area contributed by atoms with Crippen LogP contribution in [-0.4, -0.2) is 58.8 Å². The average Bonchev–Trinajstić information content (AvgIpc) is 2.86. The predicted molar refractivity (Wildman–Crippen MR) is 147 cm³/mol. The summed E-state index contributed by atoms with van der Waals surface area (Å²) in [6.07, 6.45) is 18.3. The van der Waals surface area contributed by atoms with Crippen LogP contribution in [0.25, 0.3) is 0 Å². The highest BCUT2D eigenvalue weighted by Gasteiger charge is 2.39. The average molecular weight is 526 g/mol. The lowest BCUT2D eigenvalue weighted by Gasteiger charge is -2.44. The first-order chi connectivity index (χ1) is 17.7. The Kier molecular flexibility index (Phi) is 20.0. The van der Waals surface area contributed by atoms with Gasteiger partial charge in [0.05, 0.1) is 32.1 Å². The number of quaternary nitrogens is 1. The van der Waals surface area contributed by atoms with E-state index in [4.69, 9.17) is 0 Å². The van der Waals surface area contributed by atoms with Crippen LogP contribution in [0.4, 0.5) is 0 Å². The van der Waals surface area contributed by atoms with Crippen molar-refractivity contribution in [3.63, 3.8) is 0 Å². The van der Waals surface area contributed by atoms with Crippen molar-refractivity contribution in [2.75, 3.05) is 26.2 Å². The zero-order chi connectivity index (χ0) is 28.1. The number of allylic oxidation sites excluding steroid dienone is 2. The molecule has 3 unspecified atom stereocenters. The Labute approximate surface area is 225 Å². The molecular weight excluding hydrogens is 470 g/mol. The minimum Gasteiger partial charge on any atom is -0.550 e. The maximum atomic E-state index is 11.9. The number of nitrogens with zero attached hydrogens (tertiary/aromatic N) is 1. The second-order valence-electron chi connectivity index (χ2n) is 10.8. The van der Waals surface area contributed by atoms with Gasteiger partial charge in [-0.25, -0.2) is 0 Å². The largest absolute Gasteiger partial charge is 0.550 e. The molecule has 0 spiro atoms. The van der Waals surface area contributed by atoms with Crippen molar-refractivity contribution in [3.05, 3.63) is 12.2 Å². The van der Waals surface area contributed by atoms with Crippen molar-refractivity contribution in [1.82, 2.24) is 0 Å². The molecule has 216 valence electrons. The van der Waals surface area contributed by atoms with E-state index in [1.54, 1.807) is 6.92 Å². The maximum Gasteiger partial charge on any atom is 0.312 e. The smallest absolute Gasteiger partial charge is 0.312 e. The molecule has 0 aromatic carbocycles. The summed E-state index contributed by atoms with van der Waals surface area (Å²) in [5.74, 6) is -4.97. The molecule has 0 heterocycles. The van der Waals surface area contributed by atoms with E-state index in [1.165, 1.54) is 25.7 Å². The normalized spacial score (nSPS) is 15.8. The standard InChI is InChI=1S/C30H55NO6/c1-5-9-10-11-12-13-14-15-16-17-18-19-20-21-31(22-25(6-2)28(32)33,23-26(7-3)29(34)35)24-27(8-4)30(36)37/h13-14,25-27H,5-12,15-24H2,1-4H3,(H2-,32,33,34,35,36,37)/b14-13+. The van der Waals surface area contributed by atoms with Gasteiger partial charge >= 0.3 is 11.9 Å². The lowest BCUT2D eigenvalue weighted by atomic mass is 9.95. The Hall–Kier alpha value is -1.89. The Bertz CT molecular complexity index is 603. The molecule has 0 aliphatic rings. The number of carboxylic acids is 3. The maximum absolute atomic E-state index is 11.9. The van der Waals surface area contributed by atoms with Gasteiger partial charge < -0.3 is 24.6 Å². The molecule has 3 atom stereocenters. The number of aliphatic carboxylic acids is 3. The molecular formula is C30H55NO6. The van der Waals surface area contributed by atoms with E-state index in [-0.39, 0.29) is 24.1 Å². The highest BCUT2D eigenvalue weighted by Crippen LogP contribution is 2.25. The molecule has 0 aliphatic carbocycles. The van der Waals surface area contributed by atoms with Gasteiger partial charge in [-0.3, -0.25) is 9.59 Å². The Morgan fingerprint density at radius 1 is 0.649 bits per heavy atom. The second-order valence-corrected chi connectivity index (χ2v) is 10.8. The van der Waals surface area contributed by atoms with Crippen LogP contribution in [-0.2, 0) is 14.4 Å². The third kappa shape index (κ3) is 15.8. The molecule has 0 amide bonds. The van der Waals surface area contributed by atoms with Crippen LogP contribution in [0.2, 0.25) is 0 Å². The van der Waals surface area contributed by atoms with Crippen LogP contribution in [0.1, 0.15) is 118 Å². The molecule has 0 fully saturated rings. The van der Waals surface area contributed by atoms with Crippen LogP contribution in [0.3, 0.4) is 0 Å². The fourth-order valence-electron chi connectivity index (χ4n) is 5.20. The van der Waals surface area contributed by atoms with Crippen molar-refractivity contribution in [2.24, 2.45) is 17.8 Å². The summed E-state index contributed by atoms with van der Waals surface area (Å²) in [6, 6.07) is 0. The number of carboxylic acid groups (broad SMARTS) is 3. The Morgan fingerprint density at radius 2 is 1.05 bits per heavy atom. The number of hydrogen-bond donors (Lipinski definition) is 2. The van der Waals surface area contributed by atoms with E-state index >= 15 is 0 Å². The van der Waals surface area contributed by atoms with Crippen molar-refractivity contribution in [3.8, 4) is 0 Å². The van der Waals surface area contributed by atoms with Gasteiger partial charge in [-0.05, 0) is 57.8 Å². The van der Waals surface area contributed by atoms with E-state index in [2.05, 4.69) is 19.1 Å². The van der Waals surface area contributed by atoms with Gasteiger partial charge in [0.15, 0.2) is 0 Å². The Balaban J connectivity index is 5.17. The quantitative estimate of drug-likeness (QED) is 0.0902. The molecule has 37 heavy (non-hydrogen) atoms. The molecule has 7 heteroatoms. The SMILES string of the molecule is CCCCCC/C=C/CCCCCCC[N+](CC(CC)C(=O)[O-])(CC(CC)C(=O)O)CC(CC)C(=O)O. The minimum absolute atomic E-state index is 0.211. The van der Waals surface area contributed by atoms with Crippen molar-refractivity contribution < 1.29 is 34.2 Å². The van der Waals surface area contributed by atoms with Crippen LogP contribution >= 0.6 is 0 Å². The van der Waals surface area contributed by atoms with Crippen molar-refractivity contribution in [2.45, 2.75) is 118 Å². The predicted octanol–water partition coefficient (Wildman–Crippen LogP) is 5.67. The van der Waals surface area contributed by atoms with Crippen molar-refractivity contribution in [1.29, 1.82) is 0 Å². The first kappa shape index (κ1) is 35.1.